The Morgan fingerprint density at radius 1 is 1.60 bits per heavy atom. The lowest BCUT2D eigenvalue weighted by atomic mass is 10.1. The summed E-state index contributed by atoms with van der Waals surface area (Å²) < 4.78 is 4.96. The molecule has 0 saturated carbocycles. The van der Waals surface area contributed by atoms with Gasteiger partial charge in [0.05, 0.1) is 6.54 Å². The molecule has 7 heteroatoms. The molecule has 2 rings (SSSR count). The van der Waals surface area contributed by atoms with Crippen molar-refractivity contribution in [3.8, 4) is 0 Å². The normalized spacial score (nSPS) is 19.1. The highest BCUT2D eigenvalue weighted by Gasteiger charge is 2.23. The Bertz CT molecular complexity index is 486. The number of urea groups is 1. The van der Waals surface area contributed by atoms with Crippen LogP contribution >= 0.6 is 0 Å². The van der Waals surface area contributed by atoms with Crippen molar-refractivity contribution in [3.63, 3.8) is 0 Å². The van der Waals surface area contributed by atoms with Gasteiger partial charge in [0.15, 0.2) is 0 Å². The molecular formula is C13H20N4O3. The summed E-state index contributed by atoms with van der Waals surface area (Å²) in [5, 5.41) is 9.38. The predicted molar refractivity (Wildman–Crippen MR) is 71.9 cm³/mol. The molecule has 7 nitrogen and oxygen atoms in total. The minimum absolute atomic E-state index is 0.110. The van der Waals surface area contributed by atoms with Crippen molar-refractivity contribution in [2.75, 3.05) is 13.6 Å². The van der Waals surface area contributed by atoms with Gasteiger partial charge in [-0.3, -0.25) is 4.79 Å². The average Bonchev–Trinajstić information content (AvgIpc) is 2.70. The molecule has 1 atom stereocenters. The van der Waals surface area contributed by atoms with Crippen LogP contribution in [0.15, 0.2) is 10.6 Å². The van der Waals surface area contributed by atoms with Gasteiger partial charge < -0.3 is 20.1 Å². The van der Waals surface area contributed by atoms with Crippen LogP contribution < -0.4 is 10.6 Å². The van der Waals surface area contributed by atoms with Crippen LogP contribution in [-0.4, -0.2) is 41.6 Å². The number of aromatic nitrogens is 1. The van der Waals surface area contributed by atoms with Crippen molar-refractivity contribution in [3.05, 3.63) is 17.5 Å². The number of carbonyl (C=O) groups is 2. The largest absolute Gasteiger partial charge is 0.361 e. The van der Waals surface area contributed by atoms with Crippen LogP contribution in [0.25, 0.3) is 0 Å². The third-order valence-electron chi connectivity index (χ3n) is 3.26. The monoisotopic (exact) mass is 280 g/mol. The molecule has 1 aliphatic rings. The van der Waals surface area contributed by atoms with E-state index in [2.05, 4.69) is 15.8 Å². The van der Waals surface area contributed by atoms with E-state index in [-0.39, 0.29) is 11.9 Å². The Morgan fingerprint density at radius 3 is 3.10 bits per heavy atom. The lowest BCUT2D eigenvalue weighted by Crippen LogP contribution is -2.49. The van der Waals surface area contributed by atoms with Crippen LogP contribution in [0.2, 0.25) is 0 Å². The van der Waals surface area contributed by atoms with Crippen molar-refractivity contribution in [2.24, 2.45) is 0 Å². The molecule has 0 spiro atoms. The maximum Gasteiger partial charge on any atom is 0.318 e. The van der Waals surface area contributed by atoms with Crippen molar-refractivity contribution >= 4 is 11.9 Å². The zero-order chi connectivity index (χ0) is 14.5. The fraction of sp³-hybridized carbons (Fsp3) is 0.615. The van der Waals surface area contributed by atoms with Crippen LogP contribution in [-0.2, 0) is 11.3 Å². The molecule has 0 radical (unpaired) electrons. The average molecular weight is 280 g/mol. The zero-order valence-electron chi connectivity index (χ0n) is 11.8. The third kappa shape index (κ3) is 3.72. The van der Waals surface area contributed by atoms with Crippen LogP contribution in [0.1, 0.15) is 30.7 Å². The van der Waals surface area contributed by atoms with Gasteiger partial charge in [-0.15, -0.1) is 0 Å². The van der Waals surface area contributed by atoms with E-state index in [0.717, 1.165) is 12.8 Å². The lowest BCUT2D eigenvalue weighted by molar-refractivity contribution is -0.122. The molecule has 2 N–H and O–H groups in total. The molecular weight excluding hydrogens is 260 g/mol. The highest BCUT2D eigenvalue weighted by Crippen LogP contribution is 2.07. The molecule has 1 aliphatic heterocycles. The molecule has 0 unspecified atom stereocenters. The number of hydrogen-bond donors (Lipinski definition) is 2. The van der Waals surface area contributed by atoms with Crippen LogP contribution in [0.3, 0.4) is 0 Å². The van der Waals surface area contributed by atoms with E-state index in [1.165, 1.54) is 4.90 Å². The Balaban J connectivity index is 1.88. The Labute approximate surface area is 117 Å². The van der Waals surface area contributed by atoms with Gasteiger partial charge in [0, 0.05) is 19.7 Å². The second-order valence-electron chi connectivity index (χ2n) is 5.07. The minimum Gasteiger partial charge on any atom is -0.361 e. The van der Waals surface area contributed by atoms with E-state index < -0.39 is 6.04 Å². The van der Waals surface area contributed by atoms with E-state index in [1.807, 2.05) is 0 Å². The minimum atomic E-state index is -0.452. The molecule has 3 amide bonds. The summed E-state index contributed by atoms with van der Waals surface area (Å²) in [6.45, 7) is 2.82. The summed E-state index contributed by atoms with van der Waals surface area (Å²) >= 11 is 0. The summed E-state index contributed by atoms with van der Waals surface area (Å²) in [5.74, 6) is 0.596. The molecule has 110 valence electrons. The molecule has 1 aromatic heterocycles. The third-order valence-corrected chi connectivity index (χ3v) is 3.26. The van der Waals surface area contributed by atoms with Gasteiger partial charge in [-0.25, -0.2) is 4.79 Å². The second kappa shape index (κ2) is 6.40. The van der Waals surface area contributed by atoms with E-state index in [1.54, 1.807) is 20.0 Å². The van der Waals surface area contributed by atoms with Gasteiger partial charge in [-0.2, -0.15) is 0 Å². The van der Waals surface area contributed by atoms with Crippen molar-refractivity contribution in [1.82, 2.24) is 20.7 Å². The molecule has 20 heavy (non-hydrogen) atoms. The van der Waals surface area contributed by atoms with Crippen molar-refractivity contribution < 1.29 is 14.1 Å². The van der Waals surface area contributed by atoms with Crippen LogP contribution in [0.5, 0.6) is 0 Å². The van der Waals surface area contributed by atoms with Crippen molar-refractivity contribution in [2.45, 2.75) is 38.8 Å². The SMILES string of the molecule is Cc1cc(CN(C)C(=O)N[C@@H]2CCCCNC2=O)no1. The van der Waals surface area contributed by atoms with Crippen LogP contribution in [0, 0.1) is 6.92 Å². The van der Waals surface area contributed by atoms with Crippen LogP contribution in [0.4, 0.5) is 4.79 Å². The number of amides is 3. The number of nitrogens with zero attached hydrogens (tertiary/aromatic N) is 2. The highest BCUT2D eigenvalue weighted by atomic mass is 16.5. The second-order valence-corrected chi connectivity index (χ2v) is 5.07. The van der Waals surface area contributed by atoms with Gasteiger partial charge >= 0.3 is 6.03 Å². The molecule has 1 fully saturated rings. The van der Waals surface area contributed by atoms with Gasteiger partial charge in [-0.05, 0) is 26.2 Å². The van der Waals surface area contributed by atoms with Crippen molar-refractivity contribution in [1.29, 1.82) is 0 Å². The Kier molecular flexibility index (Phi) is 4.60. The van der Waals surface area contributed by atoms with Gasteiger partial charge in [0.1, 0.15) is 17.5 Å². The maximum absolute atomic E-state index is 12.1. The fourth-order valence-corrected chi connectivity index (χ4v) is 2.14. The highest BCUT2D eigenvalue weighted by molar-refractivity contribution is 5.87. The quantitative estimate of drug-likeness (QED) is 0.857. The smallest absolute Gasteiger partial charge is 0.318 e. The van der Waals surface area contributed by atoms with E-state index in [4.69, 9.17) is 4.52 Å². The summed E-state index contributed by atoms with van der Waals surface area (Å²) in [7, 11) is 1.66. The first-order chi connectivity index (χ1) is 9.56. The molecule has 0 aliphatic carbocycles. The maximum atomic E-state index is 12.1. The van der Waals surface area contributed by atoms with Gasteiger partial charge in [0.25, 0.3) is 0 Å². The van der Waals surface area contributed by atoms with E-state index in [9.17, 15) is 9.59 Å². The van der Waals surface area contributed by atoms with Gasteiger partial charge in [-0.1, -0.05) is 5.16 Å². The first kappa shape index (κ1) is 14.4. The molecule has 2 heterocycles. The van der Waals surface area contributed by atoms with E-state index in [0.29, 0.717) is 31.0 Å². The molecule has 1 aromatic rings. The summed E-state index contributed by atoms with van der Waals surface area (Å²) in [6.07, 6.45) is 2.55. The lowest BCUT2D eigenvalue weighted by Gasteiger charge is -2.21. The Hall–Kier alpha value is -2.05. The summed E-state index contributed by atoms with van der Waals surface area (Å²) in [5.41, 5.74) is 0.686. The van der Waals surface area contributed by atoms with Gasteiger partial charge in [0.2, 0.25) is 5.91 Å². The molecule has 0 aromatic carbocycles. The number of rotatable bonds is 3. The summed E-state index contributed by atoms with van der Waals surface area (Å²) in [6, 6.07) is 1.04. The first-order valence-corrected chi connectivity index (χ1v) is 6.78. The number of nitrogens with one attached hydrogen (secondary N) is 2. The zero-order valence-corrected chi connectivity index (χ0v) is 11.8. The first-order valence-electron chi connectivity index (χ1n) is 6.78. The number of aryl methyl sites for hydroxylation is 1. The number of hydrogen-bond acceptors (Lipinski definition) is 4. The number of carbonyl (C=O) groups excluding carboxylic acids is 2. The standard InChI is InChI=1S/C13H20N4O3/c1-9-7-10(16-20-9)8-17(2)13(19)15-11-5-3-4-6-14-12(11)18/h7,11H,3-6,8H2,1-2H3,(H,14,18)(H,15,19)/t11-/m1/s1. The molecule has 0 bridgehead atoms. The topological polar surface area (TPSA) is 87.5 Å². The fourth-order valence-electron chi connectivity index (χ4n) is 2.14. The molecule has 1 saturated heterocycles. The Morgan fingerprint density at radius 2 is 2.40 bits per heavy atom. The predicted octanol–water partition coefficient (Wildman–Crippen LogP) is 0.793. The summed E-state index contributed by atoms with van der Waals surface area (Å²) in [4.78, 5) is 25.3. The van der Waals surface area contributed by atoms with E-state index >= 15 is 0 Å².